The number of anilines is 1. The van der Waals surface area contributed by atoms with Crippen LogP contribution in [0.5, 0.6) is 5.75 Å². The summed E-state index contributed by atoms with van der Waals surface area (Å²) in [6, 6.07) is 12.9. The van der Waals surface area contributed by atoms with Gasteiger partial charge in [0.15, 0.2) is 0 Å². The van der Waals surface area contributed by atoms with Crippen LogP contribution in [0.2, 0.25) is 0 Å². The summed E-state index contributed by atoms with van der Waals surface area (Å²) in [5.41, 5.74) is 4.39. The van der Waals surface area contributed by atoms with Crippen molar-refractivity contribution in [3.8, 4) is 5.75 Å². The van der Waals surface area contributed by atoms with Crippen LogP contribution in [0.1, 0.15) is 17.7 Å². The fourth-order valence-corrected chi connectivity index (χ4v) is 4.21. The summed E-state index contributed by atoms with van der Waals surface area (Å²) in [5, 5.41) is 9.91. The largest absolute Gasteiger partial charge is 0.497 e. The van der Waals surface area contributed by atoms with Gasteiger partial charge in [-0.1, -0.05) is 12.1 Å². The lowest BCUT2D eigenvalue weighted by Gasteiger charge is -2.18. The molecule has 0 saturated heterocycles. The van der Waals surface area contributed by atoms with Crippen molar-refractivity contribution in [3.63, 3.8) is 0 Å². The fraction of sp³-hybridized carbons (Fsp3) is 0.263. The standard InChI is InChI=1S/C19H21N3O3S/c1-25-14-7-8-17-16(11-14)19-18(6-3-9-21-19)22(17)12-13-4-2-5-15(10-13)26(20,23)24/h2,4-5,7-8,10-11,21H,3,6,9,12H2,1H3,(H2,20,23,24). The van der Waals surface area contributed by atoms with Crippen molar-refractivity contribution in [3.05, 3.63) is 53.7 Å². The Labute approximate surface area is 152 Å². The number of primary sulfonamides is 1. The number of nitrogens with one attached hydrogen (secondary N) is 1. The minimum absolute atomic E-state index is 0.139. The summed E-state index contributed by atoms with van der Waals surface area (Å²) in [6.45, 7) is 1.54. The van der Waals surface area contributed by atoms with Crippen molar-refractivity contribution in [1.29, 1.82) is 0 Å². The summed E-state index contributed by atoms with van der Waals surface area (Å²) in [7, 11) is -2.05. The third-order valence-electron chi connectivity index (χ3n) is 4.84. The fourth-order valence-electron chi connectivity index (χ4n) is 3.62. The Balaban J connectivity index is 1.84. The Morgan fingerprint density at radius 1 is 1.23 bits per heavy atom. The molecule has 3 aromatic rings. The lowest BCUT2D eigenvalue weighted by atomic mass is 10.1. The van der Waals surface area contributed by atoms with Crippen LogP contribution in [0.3, 0.4) is 0 Å². The van der Waals surface area contributed by atoms with Gasteiger partial charge in [-0.15, -0.1) is 0 Å². The summed E-state index contributed by atoms with van der Waals surface area (Å²) in [4.78, 5) is 0.139. The molecule has 0 aliphatic carbocycles. The van der Waals surface area contributed by atoms with Crippen LogP contribution in [-0.2, 0) is 23.0 Å². The quantitative estimate of drug-likeness (QED) is 0.738. The maximum Gasteiger partial charge on any atom is 0.238 e. The molecule has 0 amide bonds. The molecule has 6 nitrogen and oxygen atoms in total. The molecule has 2 heterocycles. The van der Waals surface area contributed by atoms with E-state index in [1.807, 2.05) is 18.2 Å². The molecule has 26 heavy (non-hydrogen) atoms. The second-order valence-corrected chi connectivity index (χ2v) is 8.08. The zero-order chi connectivity index (χ0) is 18.3. The van der Waals surface area contributed by atoms with Gasteiger partial charge in [-0.3, -0.25) is 0 Å². The summed E-state index contributed by atoms with van der Waals surface area (Å²) < 4.78 is 30.9. The highest BCUT2D eigenvalue weighted by atomic mass is 32.2. The molecule has 1 aliphatic heterocycles. The zero-order valence-electron chi connectivity index (χ0n) is 14.5. The van der Waals surface area contributed by atoms with Crippen molar-refractivity contribution < 1.29 is 13.2 Å². The van der Waals surface area contributed by atoms with E-state index < -0.39 is 10.0 Å². The summed E-state index contributed by atoms with van der Waals surface area (Å²) in [5.74, 6) is 0.820. The van der Waals surface area contributed by atoms with Gasteiger partial charge in [0.05, 0.1) is 23.2 Å². The van der Waals surface area contributed by atoms with Gasteiger partial charge in [0.25, 0.3) is 0 Å². The van der Waals surface area contributed by atoms with Gasteiger partial charge >= 0.3 is 0 Å². The molecule has 0 unspecified atom stereocenters. The molecule has 1 aliphatic rings. The van der Waals surface area contributed by atoms with Gasteiger partial charge in [-0.05, 0) is 48.7 Å². The van der Waals surface area contributed by atoms with E-state index in [4.69, 9.17) is 9.88 Å². The predicted octanol–water partition coefficient (Wildman–Crippen LogP) is 2.70. The average Bonchev–Trinajstić information content (AvgIpc) is 2.95. The van der Waals surface area contributed by atoms with E-state index in [9.17, 15) is 8.42 Å². The number of rotatable bonds is 4. The highest BCUT2D eigenvalue weighted by Crippen LogP contribution is 2.36. The maximum absolute atomic E-state index is 11.7. The van der Waals surface area contributed by atoms with Crippen LogP contribution < -0.4 is 15.2 Å². The Morgan fingerprint density at radius 2 is 2.08 bits per heavy atom. The lowest BCUT2D eigenvalue weighted by molar-refractivity contribution is 0.415. The molecule has 0 spiro atoms. The van der Waals surface area contributed by atoms with E-state index in [1.54, 1.807) is 19.2 Å². The van der Waals surface area contributed by atoms with E-state index in [0.717, 1.165) is 47.3 Å². The molecule has 0 bridgehead atoms. The van der Waals surface area contributed by atoms with Crippen molar-refractivity contribution >= 4 is 26.6 Å². The van der Waals surface area contributed by atoms with Gasteiger partial charge in [0.2, 0.25) is 10.0 Å². The van der Waals surface area contributed by atoms with Gasteiger partial charge < -0.3 is 14.6 Å². The van der Waals surface area contributed by atoms with Gasteiger partial charge in [-0.25, -0.2) is 13.6 Å². The van der Waals surface area contributed by atoms with Crippen LogP contribution >= 0.6 is 0 Å². The molecule has 0 fully saturated rings. The number of hydrogen-bond acceptors (Lipinski definition) is 4. The molecule has 1 aromatic heterocycles. The molecule has 4 rings (SSSR count). The van der Waals surface area contributed by atoms with Gasteiger partial charge in [0, 0.05) is 24.2 Å². The number of ether oxygens (including phenoxy) is 1. The number of fused-ring (bicyclic) bond motifs is 3. The molecule has 2 aromatic carbocycles. The second kappa shape index (κ2) is 6.34. The molecule has 0 atom stereocenters. The Morgan fingerprint density at radius 3 is 2.85 bits per heavy atom. The Bertz CT molecular complexity index is 1090. The van der Waals surface area contributed by atoms with Crippen molar-refractivity contribution in [2.75, 3.05) is 19.0 Å². The smallest absolute Gasteiger partial charge is 0.238 e. The van der Waals surface area contributed by atoms with Crippen molar-refractivity contribution in [1.82, 2.24) is 4.57 Å². The first-order chi connectivity index (χ1) is 12.5. The van der Waals surface area contributed by atoms with Gasteiger partial charge in [-0.2, -0.15) is 0 Å². The van der Waals surface area contributed by atoms with Gasteiger partial charge in [0.1, 0.15) is 5.75 Å². The van der Waals surface area contributed by atoms with E-state index in [0.29, 0.717) is 6.54 Å². The number of aromatic nitrogens is 1. The minimum atomic E-state index is -3.71. The van der Waals surface area contributed by atoms with Crippen LogP contribution in [0.25, 0.3) is 10.9 Å². The van der Waals surface area contributed by atoms with Crippen molar-refractivity contribution in [2.24, 2.45) is 5.14 Å². The normalized spacial score (nSPS) is 14.1. The van der Waals surface area contributed by atoms with E-state index in [2.05, 4.69) is 16.0 Å². The molecule has 0 saturated carbocycles. The number of nitrogens with two attached hydrogens (primary N) is 1. The first kappa shape index (κ1) is 16.9. The highest BCUT2D eigenvalue weighted by molar-refractivity contribution is 7.89. The SMILES string of the molecule is COc1ccc2c(c1)c1c(n2Cc2cccc(S(N)(=O)=O)c2)CCCN1. The molecule has 136 valence electrons. The molecule has 0 radical (unpaired) electrons. The summed E-state index contributed by atoms with van der Waals surface area (Å²) in [6.07, 6.45) is 2.05. The van der Waals surface area contributed by atoms with Crippen LogP contribution in [0, 0.1) is 0 Å². The van der Waals surface area contributed by atoms with E-state index >= 15 is 0 Å². The first-order valence-electron chi connectivity index (χ1n) is 8.52. The first-order valence-corrected chi connectivity index (χ1v) is 10.1. The average molecular weight is 371 g/mol. The Hall–Kier alpha value is -2.51. The summed E-state index contributed by atoms with van der Waals surface area (Å²) >= 11 is 0. The molecular formula is C19H21N3O3S. The third-order valence-corrected chi connectivity index (χ3v) is 5.75. The number of benzene rings is 2. The third kappa shape index (κ3) is 2.93. The maximum atomic E-state index is 11.7. The second-order valence-electron chi connectivity index (χ2n) is 6.51. The van der Waals surface area contributed by atoms with Crippen LogP contribution in [-0.4, -0.2) is 26.6 Å². The molecule has 7 heteroatoms. The number of hydrogen-bond donors (Lipinski definition) is 2. The van der Waals surface area contributed by atoms with Crippen LogP contribution in [0.4, 0.5) is 5.69 Å². The van der Waals surface area contributed by atoms with Crippen LogP contribution in [0.15, 0.2) is 47.4 Å². The lowest BCUT2D eigenvalue weighted by Crippen LogP contribution is -2.15. The minimum Gasteiger partial charge on any atom is -0.497 e. The topological polar surface area (TPSA) is 86.3 Å². The monoisotopic (exact) mass is 371 g/mol. The molecule has 3 N–H and O–H groups in total. The van der Waals surface area contributed by atoms with E-state index in [-0.39, 0.29) is 4.90 Å². The molecular weight excluding hydrogens is 350 g/mol. The number of nitrogens with zero attached hydrogens (tertiary/aromatic N) is 1. The number of methoxy groups -OCH3 is 1. The Kier molecular flexibility index (Phi) is 4.13. The predicted molar refractivity (Wildman–Crippen MR) is 102 cm³/mol. The number of sulfonamides is 1. The zero-order valence-corrected chi connectivity index (χ0v) is 15.3. The van der Waals surface area contributed by atoms with E-state index in [1.165, 1.54) is 11.8 Å². The highest BCUT2D eigenvalue weighted by Gasteiger charge is 2.20. The van der Waals surface area contributed by atoms with Crippen molar-refractivity contribution in [2.45, 2.75) is 24.3 Å².